The lowest BCUT2D eigenvalue weighted by Crippen LogP contribution is -2.28. The van der Waals surface area contributed by atoms with Gasteiger partial charge in [-0.3, -0.25) is 4.79 Å². The van der Waals surface area contributed by atoms with Crippen molar-refractivity contribution in [3.63, 3.8) is 0 Å². The molecule has 0 saturated carbocycles. The molecule has 0 spiro atoms. The van der Waals surface area contributed by atoms with E-state index < -0.39 is 5.91 Å². The van der Waals surface area contributed by atoms with Crippen LogP contribution in [0.3, 0.4) is 0 Å². The summed E-state index contributed by atoms with van der Waals surface area (Å²) in [5, 5.41) is 5.33. The number of aryl methyl sites for hydroxylation is 1. The third-order valence-electron chi connectivity index (χ3n) is 3.22. The maximum absolute atomic E-state index is 11.7. The summed E-state index contributed by atoms with van der Waals surface area (Å²) in [7, 11) is 0. The van der Waals surface area contributed by atoms with Gasteiger partial charge in [-0.1, -0.05) is 41.7 Å². The van der Waals surface area contributed by atoms with E-state index in [0.29, 0.717) is 17.0 Å². The van der Waals surface area contributed by atoms with Gasteiger partial charge in [-0.2, -0.15) is 0 Å². The van der Waals surface area contributed by atoms with Crippen LogP contribution in [0, 0.1) is 18.8 Å². The van der Waals surface area contributed by atoms with Gasteiger partial charge in [0.15, 0.2) is 0 Å². The Kier molecular flexibility index (Phi) is 6.43. The number of para-hydroxylation sites is 1. The largest absolute Gasteiger partial charge is 0.480 e. The molecule has 2 aromatic carbocycles. The molecule has 0 saturated heterocycles. The number of urea groups is 1. The molecule has 4 N–H and O–H groups in total. The summed E-state index contributed by atoms with van der Waals surface area (Å²) in [6.45, 7) is 2.24. The predicted octanol–water partition coefficient (Wildman–Crippen LogP) is 2.30. The average molecular weight is 337 g/mol. The number of carbonyl (C=O) groups excluding carboxylic acids is 2. The highest BCUT2D eigenvalue weighted by atomic mass is 16.5. The molecule has 0 atom stereocenters. The Morgan fingerprint density at radius 2 is 1.80 bits per heavy atom. The smallest absolute Gasteiger partial charge is 0.319 e. The zero-order chi connectivity index (χ0) is 18.1. The second-order valence-corrected chi connectivity index (χ2v) is 5.18. The summed E-state index contributed by atoms with van der Waals surface area (Å²) in [5.74, 6) is 5.35. The van der Waals surface area contributed by atoms with Crippen molar-refractivity contribution in [2.45, 2.75) is 6.92 Å². The van der Waals surface area contributed by atoms with Gasteiger partial charge in [0.1, 0.15) is 12.4 Å². The van der Waals surface area contributed by atoms with Crippen molar-refractivity contribution in [3.05, 3.63) is 59.7 Å². The Labute approximate surface area is 146 Å². The molecule has 2 aromatic rings. The number of nitrogens with two attached hydrogens (primary N) is 1. The maximum Gasteiger partial charge on any atom is 0.319 e. The zero-order valence-electron chi connectivity index (χ0n) is 13.8. The van der Waals surface area contributed by atoms with Crippen molar-refractivity contribution >= 4 is 17.6 Å². The third-order valence-corrected chi connectivity index (χ3v) is 3.22. The lowest BCUT2D eigenvalue weighted by molar-refractivity contribution is 0.0997. The van der Waals surface area contributed by atoms with E-state index >= 15 is 0 Å². The number of primary amides is 1. The van der Waals surface area contributed by atoms with Gasteiger partial charge in [0, 0.05) is 5.69 Å². The Morgan fingerprint density at radius 1 is 1.08 bits per heavy atom. The van der Waals surface area contributed by atoms with E-state index in [9.17, 15) is 9.59 Å². The van der Waals surface area contributed by atoms with Gasteiger partial charge in [-0.25, -0.2) is 4.79 Å². The summed E-state index contributed by atoms with van der Waals surface area (Å²) in [4.78, 5) is 23.0. The van der Waals surface area contributed by atoms with Gasteiger partial charge in [0.2, 0.25) is 0 Å². The predicted molar refractivity (Wildman–Crippen MR) is 96.4 cm³/mol. The van der Waals surface area contributed by atoms with Crippen molar-refractivity contribution in [3.8, 4) is 17.6 Å². The number of hydrogen-bond acceptors (Lipinski definition) is 3. The molecule has 0 unspecified atom stereocenters. The highest BCUT2D eigenvalue weighted by molar-refractivity contribution is 5.95. The SMILES string of the molecule is Cc1ccc(NC(=O)NCC#CCOc2ccccc2C(N)=O)cc1. The topological polar surface area (TPSA) is 93.4 Å². The molecule has 0 heterocycles. The van der Waals surface area contributed by atoms with Gasteiger partial charge in [-0.05, 0) is 31.2 Å². The molecule has 0 aliphatic rings. The van der Waals surface area contributed by atoms with Crippen molar-refractivity contribution in [1.82, 2.24) is 5.32 Å². The van der Waals surface area contributed by atoms with Crippen molar-refractivity contribution < 1.29 is 14.3 Å². The number of hydrogen-bond donors (Lipinski definition) is 3. The van der Waals surface area contributed by atoms with Gasteiger partial charge < -0.3 is 21.1 Å². The molecule has 2 rings (SSSR count). The van der Waals surface area contributed by atoms with Crippen molar-refractivity contribution in [2.75, 3.05) is 18.5 Å². The Balaban J connectivity index is 1.73. The molecule has 0 fully saturated rings. The third kappa shape index (κ3) is 5.92. The standard InChI is InChI=1S/C19H19N3O3/c1-14-8-10-15(11-9-14)22-19(24)21-12-4-5-13-25-17-7-3-2-6-16(17)18(20)23/h2-3,6-11H,12-13H2,1H3,(H2,20,23)(H2,21,22,24). The molecular formula is C19H19N3O3. The number of ether oxygens (including phenoxy) is 1. The highest BCUT2D eigenvalue weighted by Gasteiger charge is 2.07. The molecule has 0 aromatic heterocycles. The quantitative estimate of drug-likeness (QED) is 0.731. The Morgan fingerprint density at radius 3 is 2.52 bits per heavy atom. The summed E-state index contributed by atoms with van der Waals surface area (Å²) >= 11 is 0. The fourth-order valence-corrected chi connectivity index (χ4v) is 1.96. The van der Waals surface area contributed by atoms with E-state index in [1.54, 1.807) is 24.3 Å². The van der Waals surface area contributed by atoms with Crippen molar-refractivity contribution in [1.29, 1.82) is 0 Å². The Bertz CT molecular complexity index is 805. The van der Waals surface area contributed by atoms with E-state index in [-0.39, 0.29) is 19.2 Å². The first-order valence-electron chi connectivity index (χ1n) is 7.65. The minimum Gasteiger partial charge on any atom is -0.480 e. The van der Waals surface area contributed by atoms with E-state index in [0.717, 1.165) is 5.56 Å². The fourth-order valence-electron chi connectivity index (χ4n) is 1.96. The van der Waals surface area contributed by atoms with Crippen molar-refractivity contribution in [2.24, 2.45) is 5.73 Å². The van der Waals surface area contributed by atoms with Crippen LogP contribution in [0.15, 0.2) is 48.5 Å². The maximum atomic E-state index is 11.7. The second-order valence-electron chi connectivity index (χ2n) is 5.18. The van der Waals surface area contributed by atoms with E-state index in [1.807, 2.05) is 31.2 Å². The van der Waals surface area contributed by atoms with Gasteiger partial charge in [0.25, 0.3) is 5.91 Å². The normalized spacial score (nSPS) is 9.48. The second kappa shape index (κ2) is 8.99. The first-order chi connectivity index (χ1) is 12.1. The summed E-state index contributed by atoms with van der Waals surface area (Å²) in [6.07, 6.45) is 0. The van der Waals surface area contributed by atoms with E-state index in [1.165, 1.54) is 0 Å². The first kappa shape index (κ1) is 17.9. The van der Waals surface area contributed by atoms with Gasteiger partial charge >= 0.3 is 6.03 Å². The Hall–Kier alpha value is -3.46. The van der Waals surface area contributed by atoms with E-state index in [4.69, 9.17) is 10.5 Å². The van der Waals surface area contributed by atoms with Crippen LogP contribution in [0.4, 0.5) is 10.5 Å². The number of anilines is 1. The van der Waals surface area contributed by atoms with Crippen LogP contribution in [0.25, 0.3) is 0 Å². The lowest BCUT2D eigenvalue weighted by atomic mass is 10.2. The molecular weight excluding hydrogens is 318 g/mol. The van der Waals surface area contributed by atoms with Crippen LogP contribution in [-0.2, 0) is 0 Å². The number of rotatable bonds is 5. The number of benzene rings is 2. The van der Waals surface area contributed by atoms with Crippen LogP contribution in [0.1, 0.15) is 15.9 Å². The molecule has 0 radical (unpaired) electrons. The summed E-state index contributed by atoms with van der Waals surface area (Å²) in [5.41, 5.74) is 7.40. The molecule has 6 nitrogen and oxygen atoms in total. The van der Waals surface area contributed by atoms with Crippen LogP contribution in [0.2, 0.25) is 0 Å². The fraction of sp³-hybridized carbons (Fsp3) is 0.158. The molecule has 25 heavy (non-hydrogen) atoms. The molecule has 0 bridgehead atoms. The molecule has 3 amide bonds. The van der Waals surface area contributed by atoms with Crippen LogP contribution < -0.4 is 21.1 Å². The van der Waals surface area contributed by atoms with E-state index in [2.05, 4.69) is 22.5 Å². The van der Waals surface area contributed by atoms with Crippen LogP contribution >= 0.6 is 0 Å². The molecule has 0 aliphatic heterocycles. The first-order valence-corrected chi connectivity index (χ1v) is 7.65. The number of nitrogens with one attached hydrogen (secondary N) is 2. The summed E-state index contributed by atoms with van der Waals surface area (Å²) < 4.78 is 5.41. The molecule has 6 heteroatoms. The number of amides is 3. The zero-order valence-corrected chi connectivity index (χ0v) is 13.8. The lowest BCUT2D eigenvalue weighted by Gasteiger charge is -2.06. The average Bonchev–Trinajstić information content (AvgIpc) is 2.60. The van der Waals surface area contributed by atoms with Crippen LogP contribution in [0.5, 0.6) is 5.75 Å². The molecule has 0 aliphatic carbocycles. The minimum absolute atomic E-state index is 0.0888. The minimum atomic E-state index is -0.557. The summed E-state index contributed by atoms with van der Waals surface area (Å²) in [6, 6.07) is 13.8. The van der Waals surface area contributed by atoms with Crippen LogP contribution in [-0.4, -0.2) is 25.1 Å². The van der Waals surface area contributed by atoms with Gasteiger partial charge in [0.05, 0.1) is 12.1 Å². The highest BCUT2D eigenvalue weighted by Crippen LogP contribution is 2.16. The van der Waals surface area contributed by atoms with Gasteiger partial charge in [-0.15, -0.1) is 0 Å². The monoisotopic (exact) mass is 337 g/mol. The molecule has 128 valence electrons. The number of carbonyl (C=O) groups is 2.